The smallest absolute Gasteiger partial charge is 0.269 e. The molecule has 4 heteroatoms. The highest BCUT2D eigenvalue weighted by Gasteiger charge is 2.30. The fourth-order valence-corrected chi connectivity index (χ4v) is 2.77. The summed E-state index contributed by atoms with van der Waals surface area (Å²) in [5.74, 6) is -0.523. The van der Waals surface area contributed by atoms with Crippen LogP contribution < -0.4 is 0 Å². The third-order valence-corrected chi connectivity index (χ3v) is 4.46. The molecule has 0 bridgehead atoms. The van der Waals surface area contributed by atoms with Crippen LogP contribution in [0, 0.1) is 11.3 Å². The lowest BCUT2D eigenvalue weighted by molar-refractivity contribution is -0.162. The van der Waals surface area contributed by atoms with E-state index in [0.717, 1.165) is 24.0 Å². The van der Waals surface area contributed by atoms with Crippen molar-refractivity contribution in [1.82, 2.24) is 5.06 Å². The maximum atomic E-state index is 14.1. The van der Waals surface area contributed by atoms with Crippen molar-refractivity contribution in [3.05, 3.63) is 47.4 Å². The Kier molecular flexibility index (Phi) is 6.95. The number of likely N-dealkylation sites (N-methyl/N-ethyl adjacent to an activating group) is 1. The van der Waals surface area contributed by atoms with Crippen LogP contribution in [-0.4, -0.2) is 25.1 Å². The number of amides is 1. The lowest BCUT2D eigenvalue weighted by Crippen LogP contribution is -2.26. The fraction of sp³-hybridized carbons (Fsp3) is 0.526. The number of hydrogen-bond donors (Lipinski definition) is 0. The minimum Gasteiger partial charge on any atom is -0.274 e. The van der Waals surface area contributed by atoms with Crippen molar-refractivity contribution >= 4 is 5.91 Å². The Labute approximate surface area is 139 Å². The van der Waals surface area contributed by atoms with Gasteiger partial charge < -0.3 is 0 Å². The molecule has 1 aliphatic rings. The van der Waals surface area contributed by atoms with Gasteiger partial charge in [-0.1, -0.05) is 37.6 Å². The Balaban J connectivity index is 2.85. The predicted octanol–water partition coefficient (Wildman–Crippen LogP) is 4.74. The van der Waals surface area contributed by atoms with E-state index in [2.05, 4.69) is 32.9 Å². The van der Waals surface area contributed by atoms with Crippen molar-refractivity contribution in [2.24, 2.45) is 11.3 Å². The zero-order valence-corrected chi connectivity index (χ0v) is 15.0. The summed E-state index contributed by atoms with van der Waals surface area (Å²) in [4.78, 5) is 16.3. The fourth-order valence-electron chi connectivity index (χ4n) is 2.77. The van der Waals surface area contributed by atoms with Crippen molar-refractivity contribution in [3.63, 3.8) is 0 Å². The second-order valence-electron chi connectivity index (χ2n) is 6.69. The van der Waals surface area contributed by atoms with Gasteiger partial charge in [0.25, 0.3) is 5.91 Å². The van der Waals surface area contributed by atoms with Gasteiger partial charge in [-0.15, -0.1) is 0 Å². The maximum absolute atomic E-state index is 14.1. The van der Waals surface area contributed by atoms with Crippen LogP contribution in [0.25, 0.3) is 0 Å². The van der Waals surface area contributed by atoms with E-state index in [1.807, 2.05) is 0 Å². The first kappa shape index (κ1) is 19.4. The molecule has 23 heavy (non-hydrogen) atoms. The van der Waals surface area contributed by atoms with E-state index in [1.54, 1.807) is 13.0 Å². The zero-order chi connectivity index (χ0) is 17.6. The normalized spacial score (nSPS) is 22.2. The Morgan fingerprint density at radius 2 is 2.04 bits per heavy atom. The molecule has 0 aromatic heterocycles. The van der Waals surface area contributed by atoms with E-state index >= 15 is 0 Å². The predicted molar refractivity (Wildman–Crippen MR) is 92.1 cm³/mol. The molecule has 128 valence electrons. The van der Waals surface area contributed by atoms with Crippen LogP contribution in [0.5, 0.6) is 0 Å². The van der Waals surface area contributed by atoms with Crippen molar-refractivity contribution in [3.8, 4) is 0 Å². The number of allylic oxidation sites excluding steroid dienone is 7. The third-order valence-electron chi connectivity index (χ3n) is 4.46. The highest BCUT2D eigenvalue weighted by molar-refractivity contribution is 5.86. The minimum atomic E-state index is -0.422. The van der Waals surface area contributed by atoms with Crippen molar-refractivity contribution < 1.29 is 14.0 Å². The number of hydrogen-bond acceptors (Lipinski definition) is 2. The van der Waals surface area contributed by atoms with Gasteiger partial charge in [-0.3, -0.25) is 9.63 Å². The molecule has 0 aromatic rings. The molecule has 1 aliphatic carbocycles. The largest absolute Gasteiger partial charge is 0.274 e. The Morgan fingerprint density at radius 1 is 1.39 bits per heavy atom. The summed E-state index contributed by atoms with van der Waals surface area (Å²) in [5, 5.41) is 1.04. The van der Waals surface area contributed by atoms with Crippen LogP contribution in [0.1, 0.15) is 40.5 Å². The van der Waals surface area contributed by atoms with Gasteiger partial charge in [0.1, 0.15) is 5.83 Å². The summed E-state index contributed by atoms with van der Waals surface area (Å²) in [6, 6.07) is 0. The highest BCUT2D eigenvalue weighted by Crippen LogP contribution is 2.41. The molecule has 0 heterocycles. The lowest BCUT2D eigenvalue weighted by Gasteiger charge is -2.36. The van der Waals surface area contributed by atoms with Crippen molar-refractivity contribution in [2.45, 2.75) is 40.5 Å². The summed E-state index contributed by atoms with van der Waals surface area (Å²) in [6.45, 7) is 8.32. The van der Waals surface area contributed by atoms with Gasteiger partial charge in [-0.05, 0) is 43.8 Å². The maximum Gasteiger partial charge on any atom is 0.269 e. The molecular formula is C19H28FNO2. The van der Waals surface area contributed by atoms with Crippen LogP contribution >= 0.6 is 0 Å². The summed E-state index contributed by atoms with van der Waals surface area (Å²) in [6.07, 6.45) is 10.7. The van der Waals surface area contributed by atoms with Gasteiger partial charge in [-0.25, -0.2) is 9.45 Å². The standard InChI is InChI=1S/C19H28FNO2/c1-14-8-7-13-19(3,4)16(14)10-9-15(2)17(20)11-12-18(22)21(5)23-6/h8-12,16H,7,13H2,1-6H3/b10-9+,12-11+,17-15-. The highest BCUT2D eigenvalue weighted by atomic mass is 19.1. The number of nitrogens with zero attached hydrogens (tertiary/aromatic N) is 1. The molecule has 0 N–H and O–H groups in total. The molecule has 1 unspecified atom stereocenters. The molecule has 0 aromatic carbocycles. The summed E-state index contributed by atoms with van der Waals surface area (Å²) < 4.78 is 14.1. The van der Waals surface area contributed by atoms with Gasteiger partial charge in [0, 0.05) is 19.0 Å². The van der Waals surface area contributed by atoms with E-state index in [9.17, 15) is 9.18 Å². The Hall–Kier alpha value is -1.68. The number of rotatable bonds is 5. The van der Waals surface area contributed by atoms with E-state index in [-0.39, 0.29) is 5.41 Å². The number of hydroxylamine groups is 2. The monoisotopic (exact) mass is 321 g/mol. The van der Waals surface area contributed by atoms with E-state index in [0.29, 0.717) is 11.5 Å². The van der Waals surface area contributed by atoms with Crippen LogP contribution in [0.15, 0.2) is 47.4 Å². The van der Waals surface area contributed by atoms with Crippen molar-refractivity contribution in [1.29, 1.82) is 0 Å². The Morgan fingerprint density at radius 3 is 2.61 bits per heavy atom. The van der Waals surface area contributed by atoms with Gasteiger partial charge in [0.2, 0.25) is 0 Å². The molecule has 1 rings (SSSR count). The number of halogens is 1. The average molecular weight is 321 g/mol. The molecule has 0 fully saturated rings. The molecule has 1 atom stereocenters. The molecule has 0 saturated carbocycles. The molecule has 0 spiro atoms. The quantitative estimate of drug-likeness (QED) is 0.317. The van der Waals surface area contributed by atoms with E-state index < -0.39 is 11.7 Å². The summed E-state index contributed by atoms with van der Waals surface area (Å²) in [5.41, 5.74) is 2.01. The number of carbonyl (C=O) groups excluding carboxylic acids is 1. The third kappa shape index (κ3) is 5.47. The molecule has 0 radical (unpaired) electrons. The first-order valence-electron chi connectivity index (χ1n) is 7.90. The van der Waals surface area contributed by atoms with Crippen molar-refractivity contribution in [2.75, 3.05) is 14.2 Å². The molecule has 1 amide bonds. The van der Waals surface area contributed by atoms with Gasteiger partial charge in [0.05, 0.1) is 7.11 Å². The lowest BCUT2D eigenvalue weighted by atomic mass is 9.68. The van der Waals surface area contributed by atoms with Crippen LogP contribution in [0.4, 0.5) is 4.39 Å². The van der Waals surface area contributed by atoms with Crippen LogP contribution in [-0.2, 0) is 9.63 Å². The molecule has 3 nitrogen and oxygen atoms in total. The Bertz CT molecular complexity index is 556. The van der Waals surface area contributed by atoms with E-state index in [4.69, 9.17) is 4.84 Å². The summed E-state index contributed by atoms with van der Waals surface area (Å²) >= 11 is 0. The second-order valence-corrected chi connectivity index (χ2v) is 6.69. The first-order valence-corrected chi connectivity index (χ1v) is 7.90. The summed E-state index contributed by atoms with van der Waals surface area (Å²) in [7, 11) is 2.86. The minimum absolute atomic E-state index is 0.180. The van der Waals surface area contributed by atoms with Gasteiger partial charge >= 0.3 is 0 Å². The number of carbonyl (C=O) groups is 1. The van der Waals surface area contributed by atoms with Crippen LogP contribution in [0.2, 0.25) is 0 Å². The SMILES string of the molecule is CON(C)C(=O)/C=C/C(F)=C(C)/C=C/C1C(C)=CCCC1(C)C. The average Bonchev–Trinajstić information content (AvgIpc) is 2.49. The molecular weight excluding hydrogens is 293 g/mol. The molecule has 0 aliphatic heterocycles. The van der Waals surface area contributed by atoms with Gasteiger partial charge in [0.15, 0.2) is 0 Å². The topological polar surface area (TPSA) is 29.5 Å². The second kappa shape index (κ2) is 8.25. The first-order chi connectivity index (χ1) is 10.7. The van der Waals surface area contributed by atoms with E-state index in [1.165, 1.54) is 25.8 Å². The zero-order valence-electron chi connectivity index (χ0n) is 15.0. The molecule has 0 saturated heterocycles. The van der Waals surface area contributed by atoms with Crippen LogP contribution in [0.3, 0.4) is 0 Å². The van der Waals surface area contributed by atoms with Gasteiger partial charge in [-0.2, -0.15) is 0 Å².